The Balaban J connectivity index is 3.28. The number of alkyl halides is 1. The first kappa shape index (κ1) is 15.1. The van der Waals surface area contributed by atoms with Crippen LogP contribution < -0.4 is 0 Å². The van der Waals surface area contributed by atoms with Crippen LogP contribution in [0.2, 0.25) is 0 Å². The van der Waals surface area contributed by atoms with Crippen LogP contribution in [-0.4, -0.2) is 71.1 Å². The average molecular weight is 240 g/mol. The summed E-state index contributed by atoms with van der Waals surface area (Å²) in [6.07, 6.45) is 0. The van der Waals surface area contributed by atoms with Crippen LogP contribution in [-0.2, 0) is 14.2 Å². The van der Waals surface area contributed by atoms with Gasteiger partial charge in [-0.3, -0.25) is 0 Å². The van der Waals surface area contributed by atoms with Crippen molar-refractivity contribution in [2.24, 2.45) is 0 Å². The Morgan fingerprint density at radius 3 is 2.47 bits per heavy atom. The van der Waals surface area contributed by atoms with Crippen molar-refractivity contribution in [3.05, 3.63) is 0 Å². The summed E-state index contributed by atoms with van der Waals surface area (Å²) in [4.78, 5) is 2.13. The number of halogens is 1. The zero-order valence-electron chi connectivity index (χ0n) is 9.87. The van der Waals surface area contributed by atoms with E-state index in [1.54, 1.807) is 14.2 Å². The van der Waals surface area contributed by atoms with Crippen molar-refractivity contribution in [3.8, 4) is 0 Å². The fraction of sp³-hybridized carbons (Fsp3) is 1.00. The monoisotopic (exact) mass is 239 g/mol. The molecule has 0 radical (unpaired) electrons. The van der Waals surface area contributed by atoms with E-state index in [1.807, 2.05) is 7.05 Å². The van der Waals surface area contributed by atoms with Gasteiger partial charge in [0.2, 0.25) is 0 Å². The number of likely N-dealkylation sites (N-methyl/N-ethyl adjacent to an activating group) is 1. The quantitative estimate of drug-likeness (QED) is 0.418. The van der Waals surface area contributed by atoms with Crippen LogP contribution in [0.25, 0.3) is 0 Å². The van der Waals surface area contributed by atoms with E-state index in [-0.39, 0.29) is 5.38 Å². The topological polar surface area (TPSA) is 30.9 Å². The molecule has 0 saturated carbocycles. The van der Waals surface area contributed by atoms with E-state index in [2.05, 4.69) is 4.90 Å². The standard InChI is InChI=1S/C10H22ClNO3/c1-12(8-10(11)9-14-3)4-5-15-7-6-13-2/h10H,4-9H2,1-3H3. The maximum Gasteiger partial charge on any atom is 0.0700 e. The van der Waals surface area contributed by atoms with Gasteiger partial charge in [0.25, 0.3) is 0 Å². The Morgan fingerprint density at radius 2 is 1.87 bits per heavy atom. The highest BCUT2D eigenvalue weighted by Crippen LogP contribution is 1.98. The molecule has 0 aromatic carbocycles. The average Bonchev–Trinajstić information content (AvgIpc) is 2.17. The summed E-state index contributed by atoms with van der Waals surface area (Å²) in [6, 6.07) is 0. The van der Waals surface area contributed by atoms with E-state index in [0.29, 0.717) is 26.4 Å². The molecule has 92 valence electrons. The molecule has 0 amide bonds. The molecule has 0 aromatic rings. The molecule has 0 fully saturated rings. The Bertz CT molecular complexity index is 138. The normalized spacial score (nSPS) is 13.4. The van der Waals surface area contributed by atoms with Gasteiger partial charge in [-0.05, 0) is 7.05 Å². The van der Waals surface area contributed by atoms with Crippen molar-refractivity contribution in [1.29, 1.82) is 0 Å². The molecular formula is C10H22ClNO3. The molecule has 0 aliphatic rings. The molecule has 0 bridgehead atoms. The maximum atomic E-state index is 6.01. The number of hydrogen-bond acceptors (Lipinski definition) is 4. The summed E-state index contributed by atoms with van der Waals surface area (Å²) in [5, 5.41) is 0.0407. The van der Waals surface area contributed by atoms with Gasteiger partial charge in [-0.25, -0.2) is 0 Å². The minimum absolute atomic E-state index is 0.0407. The van der Waals surface area contributed by atoms with E-state index in [4.69, 9.17) is 25.8 Å². The highest BCUT2D eigenvalue weighted by molar-refractivity contribution is 6.20. The van der Waals surface area contributed by atoms with E-state index in [0.717, 1.165) is 13.1 Å². The molecule has 0 aromatic heterocycles. The number of methoxy groups -OCH3 is 2. The SMILES string of the molecule is COCCOCCN(C)CC(Cl)COC. The van der Waals surface area contributed by atoms with Crippen LogP contribution in [0.4, 0.5) is 0 Å². The summed E-state index contributed by atoms with van der Waals surface area (Å²) in [7, 11) is 5.34. The molecule has 0 aliphatic carbocycles. The molecule has 0 heterocycles. The summed E-state index contributed by atoms with van der Waals surface area (Å²) in [5.41, 5.74) is 0. The Hall–Kier alpha value is 0.130. The van der Waals surface area contributed by atoms with Gasteiger partial charge in [-0.15, -0.1) is 11.6 Å². The maximum absolute atomic E-state index is 6.01. The Morgan fingerprint density at radius 1 is 1.13 bits per heavy atom. The van der Waals surface area contributed by atoms with Crippen LogP contribution in [0.1, 0.15) is 0 Å². The van der Waals surface area contributed by atoms with Crippen molar-refractivity contribution < 1.29 is 14.2 Å². The number of hydrogen-bond donors (Lipinski definition) is 0. The van der Waals surface area contributed by atoms with Crippen LogP contribution >= 0.6 is 11.6 Å². The highest BCUT2D eigenvalue weighted by Gasteiger charge is 2.07. The zero-order chi connectivity index (χ0) is 11.5. The van der Waals surface area contributed by atoms with Gasteiger partial charge in [0.15, 0.2) is 0 Å². The molecule has 0 N–H and O–H groups in total. The lowest BCUT2D eigenvalue weighted by molar-refractivity contribution is 0.0596. The first-order valence-corrected chi connectivity index (χ1v) is 5.52. The van der Waals surface area contributed by atoms with Gasteiger partial charge in [0.05, 0.1) is 31.8 Å². The van der Waals surface area contributed by atoms with E-state index in [9.17, 15) is 0 Å². The largest absolute Gasteiger partial charge is 0.383 e. The fourth-order valence-electron chi connectivity index (χ4n) is 1.13. The number of ether oxygens (including phenoxy) is 3. The molecule has 0 spiro atoms. The first-order chi connectivity index (χ1) is 7.20. The predicted octanol–water partition coefficient (Wildman–Crippen LogP) is 0.835. The lowest BCUT2D eigenvalue weighted by Crippen LogP contribution is -2.31. The van der Waals surface area contributed by atoms with Crippen LogP contribution in [0.3, 0.4) is 0 Å². The van der Waals surface area contributed by atoms with Crippen molar-refractivity contribution in [2.45, 2.75) is 5.38 Å². The second-order valence-electron chi connectivity index (χ2n) is 3.42. The molecule has 5 heteroatoms. The van der Waals surface area contributed by atoms with E-state index >= 15 is 0 Å². The molecule has 1 atom stereocenters. The third-order valence-corrected chi connectivity index (χ3v) is 2.17. The molecule has 0 aliphatic heterocycles. The highest BCUT2D eigenvalue weighted by atomic mass is 35.5. The van der Waals surface area contributed by atoms with Gasteiger partial charge in [-0.2, -0.15) is 0 Å². The van der Waals surface area contributed by atoms with Gasteiger partial charge < -0.3 is 19.1 Å². The van der Waals surface area contributed by atoms with Crippen LogP contribution in [0.15, 0.2) is 0 Å². The summed E-state index contributed by atoms with van der Waals surface area (Å²) >= 11 is 6.01. The van der Waals surface area contributed by atoms with Crippen molar-refractivity contribution in [2.75, 3.05) is 60.8 Å². The molecule has 0 saturated heterocycles. The van der Waals surface area contributed by atoms with Gasteiger partial charge in [0, 0.05) is 27.3 Å². The van der Waals surface area contributed by atoms with Crippen molar-refractivity contribution in [3.63, 3.8) is 0 Å². The minimum Gasteiger partial charge on any atom is -0.383 e. The first-order valence-electron chi connectivity index (χ1n) is 5.09. The lowest BCUT2D eigenvalue weighted by Gasteiger charge is -2.19. The second-order valence-corrected chi connectivity index (χ2v) is 4.04. The van der Waals surface area contributed by atoms with Crippen LogP contribution in [0, 0.1) is 0 Å². The third-order valence-electron chi connectivity index (χ3n) is 1.91. The summed E-state index contributed by atoms with van der Waals surface area (Å²) < 4.78 is 15.2. The lowest BCUT2D eigenvalue weighted by atomic mass is 10.4. The smallest absolute Gasteiger partial charge is 0.0700 e. The van der Waals surface area contributed by atoms with E-state index in [1.165, 1.54) is 0 Å². The molecular weight excluding hydrogens is 218 g/mol. The van der Waals surface area contributed by atoms with Crippen LogP contribution in [0.5, 0.6) is 0 Å². The number of rotatable bonds is 10. The third kappa shape index (κ3) is 10.4. The Kier molecular flexibility index (Phi) is 10.7. The van der Waals surface area contributed by atoms with Crippen molar-refractivity contribution in [1.82, 2.24) is 4.90 Å². The van der Waals surface area contributed by atoms with Crippen molar-refractivity contribution >= 4 is 11.6 Å². The fourth-order valence-corrected chi connectivity index (χ4v) is 1.49. The van der Waals surface area contributed by atoms with Gasteiger partial charge in [-0.1, -0.05) is 0 Å². The molecule has 4 nitrogen and oxygen atoms in total. The summed E-state index contributed by atoms with van der Waals surface area (Å²) in [6.45, 7) is 4.25. The van der Waals surface area contributed by atoms with Gasteiger partial charge in [0.1, 0.15) is 0 Å². The second kappa shape index (κ2) is 10.6. The Labute approximate surface area is 97.4 Å². The molecule has 1 unspecified atom stereocenters. The molecule has 0 rings (SSSR count). The molecule has 15 heavy (non-hydrogen) atoms. The number of nitrogens with zero attached hydrogens (tertiary/aromatic N) is 1. The summed E-state index contributed by atoms with van der Waals surface area (Å²) in [5.74, 6) is 0. The van der Waals surface area contributed by atoms with Gasteiger partial charge >= 0.3 is 0 Å². The van der Waals surface area contributed by atoms with E-state index < -0.39 is 0 Å². The zero-order valence-corrected chi connectivity index (χ0v) is 10.6. The predicted molar refractivity (Wildman–Crippen MR) is 61.7 cm³/mol. The minimum atomic E-state index is 0.0407.